The molecule has 6 heteroatoms. The highest BCUT2D eigenvalue weighted by Crippen LogP contribution is 2.23. The maximum atomic E-state index is 12.2. The molecule has 0 aromatic carbocycles. The van der Waals surface area contributed by atoms with Crippen molar-refractivity contribution < 1.29 is 9.59 Å². The molecular formula is C18H34N4O2. The Kier molecular flexibility index (Phi) is 7.49. The maximum absolute atomic E-state index is 12.2. The standard InChI is InChI=1S/C18H34N4O2/c1-3-5-16(19)18(24)22-10-8-21(9-11-22)13-17(23)20-15-7-4-6-14(2)12-15/h14-16H,3-13,19H2,1-2H3,(H,20,23). The predicted octanol–water partition coefficient (Wildman–Crippen LogP) is 0.953. The van der Waals surface area contributed by atoms with Crippen LogP contribution >= 0.6 is 0 Å². The van der Waals surface area contributed by atoms with Crippen molar-refractivity contribution in [1.29, 1.82) is 0 Å². The Balaban J connectivity index is 1.68. The van der Waals surface area contributed by atoms with E-state index in [2.05, 4.69) is 17.1 Å². The minimum absolute atomic E-state index is 0.0529. The highest BCUT2D eigenvalue weighted by Gasteiger charge is 2.26. The van der Waals surface area contributed by atoms with Crippen LogP contribution in [0.15, 0.2) is 0 Å². The number of nitrogens with zero attached hydrogens (tertiary/aromatic N) is 2. The van der Waals surface area contributed by atoms with Crippen LogP contribution in [0.3, 0.4) is 0 Å². The van der Waals surface area contributed by atoms with Gasteiger partial charge in [-0.05, 0) is 25.2 Å². The van der Waals surface area contributed by atoms with E-state index >= 15 is 0 Å². The molecule has 1 aliphatic heterocycles. The van der Waals surface area contributed by atoms with Gasteiger partial charge in [-0.1, -0.05) is 33.1 Å². The molecular weight excluding hydrogens is 304 g/mol. The lowest BCUT2D eigenvalue weighted by molar-refractivity contribution is -0.134. The first-order valence-electron chi connectivity index (χ1n) is 9.55. The fraction of sp³-hybridized carbons (Fsp3) is 0.889. The van der Waals surface area contributed by atoms with Gasteiger partial charge < -0.3 is 16.0 Å². The highest BCUT2D eigenvalue weighted by molar-refractivity contribution is 5.82. The van der Waals surface area contributed by atoms with Crippen molar-refractivity contribution in [2.24, 2.45) is 11.7 Å². The van der Waals surface area contributed by atoms with Crippen LogP contribution in [0.2, 0.25) is 0 Å². The topological polar surface area (TPSA) is 78.7 Å². The number of carbonyl (C=O) groups excluding carboxylic acids is 2. The monoisotopic (exact) mass is 338 g/mol. The summed E-state index contributed by atoms with van der Waals surface area (Å²) in [5, 5.41) is 3.18. The Morgan fingerprint density at radius 3 is 2.54 bits per heavy atom. The molecule has 3 N–H and O–H groups in total. The zero-order valence-electron chi connectivity index (χ0n) is 15.3. The second kappa shape index (κ2) is 9.37. The van der Waals surface area contributed by atoms with Gasteiger partial charge in [0.05, 0.1) is 12.6 Å². The molecule has 0 aromatic heterocycles. The van der Waals surface area contributed by atoms with Crippen LogP contribution in [0.1, 0.15) is 52.4 Å². The molecule has 1 saturated heterocycles. The fourth-order valence-electron chi connectivity index (χ4n) is 3.84. The summed E-state index contributed by atoms with van der Waals surface area (Å²) in [6.07, 6.45) is 6.36. The SMILES string of the molecule is CCCC(N)C(=O)N1CCN(CC(=O)NC2CCCC(C)C2)CC1. The van der Waals surface area contributed by atoms with Gasteiger partial charge in [0.25, 0.3) is 0 Å². The molecule has 2 amide bonds. The van der Waals surface area contributed by atoms with Crippen LogP contribution in [-0.4, -0.2) is 66.4 Å². The summed E-state index contributed by atoms with van der Waals surface area (Å²) >= 11 is 0. The van der Waals surface area contributed by atoms with Gasteiger partial charge in [-0.2, -0.15) is 0 Å². The minimum Gasteiger partial charge on any atom is -0.352 e. The lowest BCUT2D eigenvalue weighted by Crippen LogP contribution is -2.55. The van der Waals surface area contributed by atoms with Crippen LogP contribution in [0.5, 0.6) is 0 Å². The van der Waals surface area contributed by atoms with E-state index in [1.807, 2.05) is 11.8 Å². The number of piperazine rings is 1. The van der Waals surface area contributed by atoms with Gasteiger partial charge in [0.2, 0.25) is 11.8 Å². The lowest BCUT2D eigenvalue weighted by atomic mass is 9.87. The molecule has 1 aliphatic carbocycles. The van der Waals surface area contributed by atoms with E-state index in [0.717, 1.165) is 38.8 Å². The Bertz CT molecular complexity index is 421. The van der Waals surface area contributed by atoms with E-state index in [0.29, 0.717) is 31.6 Å². The average Bonchev–Trinajstić information content (AvgIpc) is 2.55. The molecule has 24 heavy (non-hydrogen) atoms. The largest absolute Gasteiger partial charge is 0.352 e. The molecule has 3 atom stereocenters. The molecule has 1 heterocycles. The number of nitrogens with two attached hydrogens (primary N) is 1. The Morgan fingerprint density at radius 2 is 1.92 bits per heavy atom. The van der Waals surface area contributed by atoms with E-state index < -0.39 is 0 Å². The third-order valence-electron chi connectivity index (χ3n) is 5.27. The van der Waals surface area contributed by atoms with Crippen LogP contribution in [0.25, 0.3) is 0 Å². The molecule has 6 nitrogen and oxygen atoms in total. The average molecular weight is 338 g/mol. The van der Waals surface area contributed by atoms with Crippen LogP contribution < -0.4 is 11.1 Å². The van der Waals surface area contributed by atoms with E-state index in [4.69, 9.17) is 5.73 Å². The van der Waals surface area contributed by atoms with Crippen molar-refractivity contribution in [3.8, 4) is 0 Å². The zero-order valence-corrected chi connectivity index (χ0v) is 15.3. The second-order valence-electron chi connectivity index (χ2n) is 7.53. The molecule has 0 spiro atoms. The Morgan fingerprint density at radius 1 is 1.21 bits per heavy atom. The first-order chi connectivity index (χ1) is 11.5. The summed E-state index contributed by atoms with van der Waals surface area (Å²) < 4.78 is 0. The van der Waals surface area contributed by atoms with Gasteiger partial charge in [0.15, 0.2) is 0 Å². The maximum Gasteiger partial charge on any atom is 0.239 e. The predicted molar refractivity (Wildman–Crippen MR) is 95.5 cm³/mol. The second-order valence-corrected chi connectivity index (χ2v) is 7.53. The third kappa shape index (κ3) is 5.74. The van der Waals surface area contributed by atoms with Gasteiger partial charge in [-0.3, -0.25) is 14.5 Å². The van der Waals surface area contributed by atoms with Crippen LogP contribution in [0.4, 0.5) is 0 Å². The lowest BCUT2D eigenvalue weighted by Gasteiger charge is -2.36. The summed E-state index contributed by atoms with van der Waals surface area (Å²) in [5.74, 6) is 0.889. The van der Waals surface area contributed by atoms with E-state index in [9.17, 15) is 9.59 Å². The van der Waals surface area contributed by atoms with Gasteiger partial charge in [0, 0.05) is 32.2 Å². The molecule has 0 radical (unpaired) electrons. The Labute approximate surface area is 146 Å². The summed E-state index contributed by atoms with van der Waals surface area (Å²) in [5.41, 5.74) is 5.92. The third-order valence-corrected chi connectivity index (χ3v) is 5.27. The van der Waals surface area contributed by atoms with Crippen LogP contribution in [-0.2, 0) is 9.59 Å². The van der Waals surface area contributed by atoms with Gasteiger partial charge in [0.1, 0.15) is 0 Å². The van der Waals surface area contributed by atoms with Crippen molar-refractivity contribution in [1.82, 2.24) is 15.1 Å². The smallest absolute Gasteiger partial charge is 0.239 e. The van der Waals surface area contributed by atoms with Crippen LogP contribution in [0, 0.1) is 5.92 Å². The number of nitrogens with one attached hydrogen (secondary N) is 1. The Hall–Kier alpha value is -1.14. The summed E-state index contributed by atoms with van der Waals surface area (Å²) in [4.78, 5) is 28.4. The quantitative estimate of drug-likeness (QED) is 0.756. The van der Waals surface area contributed by atoms with E-state index in [1.165, 1.54) is 12.8 Å². The first kappa shape index (κ1) is 19.2. The van der Waals surface area contributed by atoms with Crippen molar-refractivity contribution in [2.75, 3.05) is 32.7 Å². The summed E-state index contributed by atoms with van der Waals surface area (Å²) in [6.45, 7) is 7.58. The minimum atomic E-state index is -0.377. The molecule has 0 aromatic rings. The highest BCUT2D eigenvalue weighted by atomic mass is 16.2. The molecule has 2 fully saturated rings. The number of hydrogen-bond acceptors (Lipinski definition) is 4. The van der Waals surface area contributed by atoms with Crippen molar-refractivity contribution in [3.05, 3.63) is 0 Å². The van der Waals surface area contributed by atoms with Gasteiger partial charge in [-0.25, -0.2) is 0 Å². The van der Waals surface area contributed by atoms with E-state index in [1.54, 1.807) is 0 Å². The normalized spacial score (nSPS) is 26.9. The molecule has 2 rings (SSSR count). The fourth-order valence-corrected chi connectivity index (χ4v) is 3.84. The molecule has 1 saturated carbocycles. The van der Waals surface area contributed by atoms with Crippen molar-refractivity contribution >= 4 is 11.8 Å². The summed E-state index contributed by atoms with van der Waals surface area (Å²) in [7, 11) is 0. The zero-order chi connectivity index (χ0) is 17.5. The molecule has 2 aliphatic rings. The molecule has 3 unspecified atom stereocenters. The first-order valence-corrected chi connectivity index (χ1v) is 9.55. The van der Waals surface area contributed by atoms with Crippen molar-refractivity contribution in [2.45, 2.75) is 64.5 Å². The van der Waals surface area contributed by atoms with E-state index in [-0.39, 0.29) is 17.9 Å². The van der Waals surface area contributed by atoms with Crippen molar-refractivity contribution in [3.63, 3.8) is 0 Å². The van der Waals surface area contributed by atoms with Gasteiger partial charge >= 0.3 is 0 Å². The number of amides is 2. The summed E-state index contributed by atoms with van der Waals surface area (Å²) in [6, 6.07) is -0.0331. The molecule has 0 bridgehead atoms. The number of rotatable bonds is 6. The number of hydrogen-bond donors (Lipinski definition) is 2. The number of carbonyl (C=O) groups is 2. The van der Waals surface area contributed by atoms with Gasteiger partial charge in [-0.15, -0.1) is 0 Å². The molecule has 138 valence electrons.